The van der Waals surface area contributed by atoms with E-state index in [1.165, 1.54) is 19.5 Å². The van der Waals surface area contributed by atoms with E-state index in [4.69, 9.17) is 0 Å². The van der Waals surface area contributed by atoms with Crippen molar-refractivity contribution in [1.29, 1.82) is 0 Å². The molecule has 3 heteroatoms. The maximum atomic E-state index is 14.0. The number of benzene rings is 1. The number of pyridine rings is 1. The first kappa shape index (κ1) is 21.8. The first-order chi connectivity index (χ1) is 12.5. The van der Waals surface area contributed by atoms with Gasteiger partial charge in [0.15, 0.2) is 0 Å². The Kier molecular flexibility index (Phi) is 10.2. The lowest BCUT2D eigenvalue weighted by Gasteiger charge is -2.09. The zero-order chi connectivity index (χ0) is 19.4. The van der Waals surface area contributed by atoms with Crippen LogP contribution in [0.2, 0.25) is 0 Å². The highest BCUT2D eigenvalue weighted by Gasteiger charge is 2.08. The van der Waals surface area contributed by atoms with E-state index < -0.39 is 0 Å². The van der Waals surface area contributed by atoms with Gasteiger partial charge in [-0.1, -0.05) is 37.3 Å². The summed E-state index contributed by atoms with van der Waals surface area (Å²) in [7, 11) is 0. The first-order valence-corrected chi connectivity index (χ1v) is 9.21. The third-order valence-corrected chi connectivity index (χ3v) is 3.94. The van der Waals surface area contributed by atoms with Crippen LogP contribution in [0.15, 0.2) is 49.2 Å². The molecule has 0 radical (unpaired) electrons. The third kappa shape index (κ3) is 6.93. The molecule has 0 unspecified atom stereocenters. The van der Waals surface area contributed by atoms with Gasteiger partial charge in [0.05, 0.1) is 5.69 Å². The van der Waals surface area contributed by atoms with Crippen LogP contribution in [0.1, 0.15) is 43.5 Å². The van der Waals surface area contributed by atoms with Gasteiger partial charge in [0.25, 0.3) is 0 Å². The molecular formula is C23H31FN2. The van der Waals surface area contributed by atoms with Crippen molar-refractivity contribution in [3.05, 3.63) is 71.8 Å². The fourth-order valence-electron chi connectivity index (χ4n) is 2.11. The van der Waals surface area contributed by atoms with E-state index in [1.54, 1.807) is 25.3 Å². The Morgan fingerprint density at radius 2 is 1.85 bits per heavy atom. The molecule has 3 rings (SSSR count). The molecule has 0 bridgehead atoms. The quantitative estimate of drug-likeness (QED) is 0.674. The van der Waals surface area contributed by atoms with Crippen molar-refractivity contribution >= 4 is 6.08 Å². The number of rotatable bonds is 3. The maximum absolute atomic E-state index is 14.0. The van der Waals surface area contributed by atoms with Gasteiger partial charge in [-0.3, -0.25) is 4.98 Å². The molecule has 0 amide bonds. The van der Waals surface area contributed by atoms with Gasteiger partial charge in [-0.05, 0) is 70.0 Å². The van der Waals surface area contributed by atoms with Crippen LogP contribution < -0.4 is 5.32 Å². The van der Waals surface area contributed by atoms with E-state index in [9.17, 15) is 4.39 Å². The normalized spacial score (nSPS) is 12.3. The minimum absolute atomic E-state index is 0.169. The maximum Gasteiger partial charge on any atom is 0.133 e. The Labute approximate surface area is 157 Å². The summed E-state index contributed by atoms with van der Waals surface area (Å²) in [5.41, 5.74) is 4.06. The number of aryl methyl sites for hydroxylation is 2. The van der Waals surface area contributed by atoms with Crippen molar-refractivity contribution in [3.8, 4) is 11.1 Å². The van der Waals surface area contributed by atoms with Gasteiger partial charge in [-0.2, -0.15) is 0 Å². The van der Waals surface area contributed by atoms with Gasteiger partial charge >= 0.3 is 0 Å². The zero-order valence-corrected chi connectivity index (χ0v) is 16.5. The predicted molar refractivity (Wildman–Crippen MR) is 112 cm³/mol. The largest absolute Gasteiger partial charge is 0.317 e. The third-order valence-electron chi connectivity index (χ3n) is 3.94. The fourth-order valence-corrected chi connectivity index (χ4v) is 2.11. The molecule has 2 nitrogen and oxygen atoms in total. The Morgan fingerprint density at radius 3 is 2.31 bits per heavy atom. The molecular weight excluding hydrogens is 323 g/mol. The monoisotopic (exact) mass is 354 g/mol. The Hall–Kier alpha value is -2.26. The number of nitrogens with zero attached hydrogens (tertiary/aromatic N) is 1. The van der Waals surface area contributed by atoms with Gasteiger partial charge < -0.3 is 5.32 Å². The summed E-state index contributed by atoms with van der Waals surface area (Å²) >= 11 is 0. The molecule has 26 heavy (non-hydrogen) atoms. The standard InChI is InChI=1S/C16H16FN.C4H8.C3H7N/c1-4-6-15-12(3)9-13(10-18-15)14-8-5-7-11(2)16(14)17;1-3-4-2;1-2-4-3-1/h4-10H,1-3H3;3H,1,4H2,2H3;4H,1-3H2/b6-4-;;. The Bertz CT molecular complexity index is 712. The Morgan fingerprint density at radius 1 is 1.23 bits per heavy atom. The number of allylic oxidation sites excluding steroid dienone is 2. The van der Waals surface area contributed by atoms with E-state index in [0.29, 0.717) is 11.1 Å². The Balaban J connectivity index is 0.000000350. The number of halogens is 1. The molecule has 0 aliphatic carbocycles. The fraction of sp³-hybridized carbons (Fsp3) is 0.348. The number of hydrogen-bond donors (Lipinski definition) is 1. The van der Waals surface area contributed by atoms with Crippen molar-refractivity contribution in [2.45, 2.75) is 40.5 Å². The average molecular weight is 355 g/mol. The SMILES string of the molecule is C/C=C\c1ncc(-c2cccc(C)c2F)cc1C.C1CNC1.C=CCC. The lowest BCUT2D eigenvalue weighted by Crippen LogP contribution is -2.29. The van der Waals surface area contributed by atoms with Gasteiger partial charge in [-0.15, -0.1) is 6.58 Å². The molecule has 1 aromatic heterocycles. The van der Waals surface area contributed by atoms with Crippen molar-refractivity contribution in [2.75, 3.05) is 13.1 Å². The minimum Gasteiger partial charge on any atom is -0.317 e. The molecule has 2 heterocycles. The second-order valence-corrected chi connectivity index (χ2v) is 6.16. The summed E-state index contributed by atoms with van der Waals surface area (Å²) in [4.78, 5) is 4.36. The van der Waals surface area contributed by atoms with E-state index in [1.807, 2.05) is 44.2 Å². The van der Waals surface area contributed by atoms with Gasteiger partial charge in [0.2, 0.25) is 0 Å². The number of aromatic nitrogens is 1. The van der Waals surface area contributed by atoms with Gasteiger partial charge in [-0.25, -0.2) is 4.39 Å². The average Bonchev–Trinajstić information content (AvgIpc) is 2.58. The number of nitrogens with one attached hydrogen (secondary N) is 1. The summed E-state index contributed by atoms with van der Waals surface area (Å²) < 4.78 is 14.0. The predicted octanol–water partition coefficient (Wildman–Crippen LogP) is 6.10. The molecule has 1 aliphatic heterocycles. The second kappa shape index (κ2) is 12.2. The van der Waals surface area contributed by atoms with E-state index in [-0.39, 0.29) is 5.82 Å². The van der Waals surface area contributed by atoms with Crippen molar-refractivity contribution in [2.24, 2.45) is 0 Å². The topological polar surface area (TPSA) is 24.9 Å². The van der Waals surface area contributed by atoms with Crippen LogP contribution in [0.3, 0.4) is 0 Å². The first-order valence-electron chi connectivity index (χ1n) is 9.21. The molecule has 0 atom stereocenters. The van der Waals surface area contributed by atoms with Gasteiger partial charge in [0.1, 0.15) is 5.82 Å². The van der Waals surface area contributed by atoms with Crippen LogP contribution in [0.5, 0.6) is 0 Å². The zero-order valence-electron chi connectivity index (χ0n) is 16.5. The summed E-state index contributed by atoms with van der Waals surface area (Å²) in [6.45, 7) is 13.8. The van der Waals surface area contributed by atoms with Crippen LogP contribution >= 0.6 is 0 Å². The number of hydrogen-bond acceptors (Lipinski definition) is 2. The van der Waals surface area contributed by atoms with E-state index in [2.05, 4.69) is 23.8 Å². The second-order valence-electron chi connectivity index (χ2n) is 6.16. The highest BCUT2D eigenvalue weighted by Crippen LogP contribution is 2.25. The summed E-state index contributed by atoms with van der Waals surface area (Å²) in [5, 5.41) is 3.11. The highest BCUT2D eigenvalue weighted by molar-refractivity contribution is 5.66. The highest BCUT2D eigenvalue weighted by atomic mass is 19.1. The molecule has 1 N–H and O–H groups in total. The molecule has 1 fully saturated rings. The summed E-state index contributed by atoms with van der Waals surface area (Å²) in [6.07, 6.45) is 9.97. The molecule has 1 aromatic carbocycles. The molecule has 1 aliphatic rings. The van der Waals surface area contributed by atoms with Crippen LogP contribution in [0.4, 0.5) is 4.39 Å². The van der Waals surface area contributed by atoms with Crippen LogP contribution in [0, 0.1) is 19.7 Å². The van der Waals surface area contributed by atoms with Crippen LogP contribution in [-0.4, -0.2) is 18.1 Å². The molecule has 2 aromatic rings. The van der Waals surface area contributed by atoms with Gasteiger partial charge in [0, 0.05) is 17.3 Å². The van der Waals surface area contributed by atoms with E-state index >= 15 is 0 Å². The summed E-state index contributed by atoms with van der Waals surface area (Å²) in [6, 6.07) is 7.39. The van der Waals surface area contributed by atoms with E-state index in [0.717, 1.165) is 23.2 Å². The van der Waals surface area contributed by atoms with Crippen molar-refractivity contribution in [3.63, 3.8) is 0 Å². The van der Waals surface area contributed by atoms with Crippen molar-refractivity contribution < 1.29 is 4.39 Å². The molecule has 1 saturated heterocycles. The van der Waals surface area contributed by atoms with Crippen LogP contribution in [0.25, 0.3) is 17.2 Å². The molecule has 0 saturated carbocycles. The van der Waals surface area contributed by atoms with Crippen molar-refractivity contribution in [1.82, 2.24) is 10.3 Å². The molecule has 140 valence electrons. The summed E-state index contributed by atoms with van der Waals surface area (Å²) in [5.74, 6) is -0.169. The minimum atomic E-state index is -0.169. The lowest BCUT2D eigenvalue weighted by molar-refractivity contribution is 0.527. The smallest absolute Gasteiger partial charge is 0.133 e. The lowest BCUT2D eigenvalue weighted by atomic mass is 10.0. The molecule has 0 spiro atoms. The van der Waals surface area contributed by atoms with Crippen LogP contribution in [-0.2, 0) is 0 Å².